The minimum Gasteiger partial charge on any atom is -0.390 e. The van der Waals surface area contributed by atoms with Crippen LogP contribution >= 0.6 is 0 Å². The Kier molecular flexibility index (Phi) is 37.8. The van der Waals surface area contributed by atoms with Crippen LogP contribution in [0.5, 0.6) is 0 Å². The quantitative estimate of drug-likeness (QED) is 0.0246. The first kappa shape index (κ1) is 68.1. The SMILES string of the molecule is CCCCCCCCCCCCCCCCCCCCCCCCCC(=O)N[C@@H](CO[C@H]1O[C@H](CNC(=O)CCC(=O)c2ccc3cc(N(C)C)ccc3c2)[C@H](O)[C@H](O)[C@H]1O)[C@H](O)[C@H](O)CCCCCCCCCCCC. The smallest absolute Gasteiger partial charge is 0.220 e. The van der Waals surface area contributed by atoms with Gasteiger partial charge in [-0.25, -0.2) is 0 Å². The molecule has 0 saturated carbocycles. The van der Waals surface area contributed by atoms with Gasteiger partial charge in [0, 0.05) is 51.2 Å². The molecule has 0 unspecified atom stereocenters. The maximum absolute atomic E-state index is 13.3. The van der Waals surface area contributed by atoms with Gasteiger partial charge in [0.15, 0.2) is 12.1 Å². The number of nitrogens with one attached hydrogen (secondary N) is 2. The van der Waals surface area contributed by atoms with Gasteiger partial charge >= 0.3 is 0 Å². The molecule has 1 saturated heterocycles. The van der Waals surface area contributed by atoms with Gasteiger partial charge in [0.25, 0.3) is 0 Å². The van der Waals surface area contributed by atoms with Crippen molar-refractivity contribution in [3.8, 4) is 0 Å². The van der Waals surface area contributed by atoms with E-state index in [-0.39, 0.29) is 44.1 Å². The Morgan fingerprint density at radius 2 is 1.00 bits per heavy atom. The summed E-state index contributed by atoms with van der Waals surface area (Å²) in [6.45, 7) is 3.89. The molecule has 0 radical (unpaired) electrons. The number of aliphatic hydroxyl groups is 5. The summed E-state index contributed by atoms with van der Waals surface area (Å²) in [7, 11) is 3.93. The van der Waals surface area contributed by atoms with Gasteiger partial charge in [0.1, 0.15) is 30.5 Å². The van der Waals surface area contributed by atoms with Crippen molar-refractivity contribution in [3.05, 3.63) is 42.0 Å². The molecule has 0 spiro atoms. The van der Waals surface area contributed by atoms with Gasteiger partial charge in [-0.1, -0.05) is 238 Å². The molecular weight excluding hydrogens is 971 g/mol. The highest BCUT2D eigenvalue weighted by atomic mass is 16.7. The predicted octanol–water partition coefficient (Wildman–Crippen LogP) is 12.7. The summed E-state index contributed by atoms with van der Waals surface area (Å²) < 4.78 is 11.8. The molecule has 13 nitrogen and oxygen atoms in total. The van der Waals surface area contributed by atoms with E-state index in [0.29, 0.717) is 24.8 Å². The number of fused-ring (bicyclic) bond motifs is 1. The predicted molar refractivity (Wildman–Crippen MR) is 314 cm³/mol. The van der Waals surface area contributed by atoms with E-state index in [4.69, 9.17) is 9.47 Å². The van der Waals surface area contributed by atoms with E-state index in [1.165, 1.54) is 161 Å². The fraction of sp³-hybridized carbons (Fsp3) is 0.797. The Hall–Kier alpha value is -3.17. The second-order valence-electron chi connectivity index (χ2n) is 22.9. The van der Waals surface area contributed by atoms with Crippen molar-refractivity contribution < 1.29 is 49.4 Å². The lowest BCUT2D eigenvalue weighted by molar-refractivity contribution is -0.297. The van der Waals surface area contributed by atoms with Crippen molar-refractivity contribution in [1.29, 1.82) is 0 Å². The molecule has 13 heteroatoms. The van der Waals surface area contributed by atoms with Gasteiger partial charge in [-0.3, -0.25) is 14.4 Å². The first-order valence-electron chi connectivity index (χ1n) is 31.3. The van der Waals surface area contributed by atoms with E-state index in [1.54, 1.807) is 6.07 Å². The number of rotatable bonds is 48. The van der Waals surface area contributed by atoms with Crippen molar-refractivity contribution in [2.45, 2.75) is 300 Å². The zero-order valence-electron chi connectivity index (χ0n) is 48.9. The minimum atomic E-state index is -1.70. The highest BCUT2D eigenvalue weighted by Crippen LogP contribution is 2.25. The largest absolute Gasteiger partial charge is 0.390 e. The number of unbranched alkanes of at least 4 members (excludes halogenated alkanes) is 31. The van der Waals surface area contributed by atoms with Crippen molar-refractivity contribution in [3.63, 3.8) is 0 Å². The molecule has 2 amide bonds. The number of hydrogen-bond acceptors (Lipinski definition) is 11. The van der Waals surface area contributed by atoms with Gasteiger partial charge in [0.2, 0.25) is 11.8 Å². The summed E-state index contributed by atoms with van der Waals surface area (Å²) in [5.41, 5.74) is 1.54. The van der Waals surface area contributed by atoms with Gasteiger partial charge in [0.05, 0.1) is 18.8 Å². The van der Waals surface area contributed by atoms with Crippen LogP contribution in [0.4, 0.5) is 5.69 Å². The molecule has 0 aliphatic carbocycles. The lowest BCUT2D eigenvalue weighted by Crippen LogP contribution is -2.61. The molecule has 2 aromatic carbocycles. The van der Waals surface area contributed by atoms with Crippen molar-refractivity contribution in [2.24, 2.45) is 0 Å². The van der Waals surface area contributed by atoms with Gasteiger partial charge in [-0.15, -0.1) is 0 Å². The van der Waals surface area contributed by atoms with Gasteiger partial charge in [-0.2, -0.15) is 0 Å². The lowest BCUT2D eigenvalue weighted by atomic mass is 9.98. The van der Waals surface area contributed by atoms with Crippen LogP contribution in [-0.2, 0) is 19.1 Å². The molecule has 442 valence electrons. The molecule has 77 heavy (non-hydrogen) atoms. The van der Waals surface area contributed by atoms with Crippen LogP contribution in [0.2, 0.25) is 0 Å². The molecular formula is C64H111N3O10. The third-order valence-corrected chi connectivity index (χ3v) is 15.9. The summed E-state index contributed by atoms with van der Waals surface area (Å²) in [4.78, 5) is 41.4. The number of hydrogen-bond donors (Lipinski definition) is 7. The second-order valence-corrected chi connectivity index (χ2v) is 22.9. The number of carbonyl (C=O) groups excluding carboxylic acids is 3. The first-order chi connectivity index (χ1) is 37.4. The number of anilines is 1. The van der Waals surface area contributed by atoms with Crippen molar-refractivity contribution in [1.82, 2.24) is 10.6 Å². The van der Waals surface area contributed by atoms with Crippen LogP contribution in [0.1, 0.15) is 262 Å². The summed E-state index contributed by atoms with van der Waals surface area (Å²) in [6.07, 6.45) is 31.3. The van der Waals surface area contributed by atoms with Crippen LogP contribution in [0.3, 0.4) is 0 Å². The molecule has 0 bridgehead atoms. The van der Waals surface area contributed by atoms with E-state index in [2.05, 4.69) is 24.5 Å². The topological polar surface area (TPSA) is 198 Å². The van der Waals surface area contributed by atoms with Crippen molar-refractivity contribution >= 4 is 34.1 Å². The average Bonchev–Trinajstić information content (AvgIpc) is 3.43. The number of nitrogens with zero attached hydrogens (tertiary/aromatic N) is 1. The first-order valence-corrected chi connectivity index (χ1v) is 31.3. The molecule has 8 atom stereocenters. The fourth-order valence-corrected chi connectivity index (χ4v) is 10.6. The van der Waals surface area contributed by atoms with Gasteiger partial charge < -0.3 is 50.5 Å². The van der Waals surface area contributed by atoms with Crippen LogP contribution in [0.15, 0.2) is 36.4 Å². The van der Waals surface area contributed by atoms with Crippen molar-refractivity contribution in [2.75, 3.05) is 32.1 Å². The van der Waals surface area contributed by atoms with E-state index < -0.39 is 54.9 Å². The van der Waals surface area contributed by atoms with Crippen LogP contribution in [0, 0.1) is 0 Å². The molecule has 7 N–H and O–H groups in total. The Labute approximate surface area is 466 Å². The fourth-order valence-electron chi connectivity index (χ4n) is 10.6. The number of Topliss-reactive ketones (excluding diaryl/α,β-unsaturated/α-hetero) is 1. The third-order valence-electron chi connectivity index (χ3n) is 15.9. The van der Waals surface area contributed by atoms with Crippen LogP contribution in [-0.4, -0.2) is 119 Å². The maximum Gasteiger partial charge on any atom is 0.220 e. The Balaban J connectivity index is 1.39. The van der Waals surface area contributed by atoms with E-state index >= 15 is 0 Å². The van der Waals surface area contributed by atoms with E-state index in [0.717, 1.165) is 55.0 Å². The normalized spacial score (nSPS) is 18.8. The number of carbonyl (C=O) groups is 3. The summed E-state index contributed by atoms with van der Waals surface area (Å²) in [6, 6.07) is 10.4. The Bertz CT molecular complexity index is 1830. The monoisotopic (exact) mass is 1080 g/mol. The minimum absolute atomic E-state index is 0.0472. The summed E-state index contributed by atoms with van der Waals surface area (Å²) in [5.74, 6) is -0.948. The number of amides is 2. The van der Waals surface area contributed by atoms with Crippen LogP contribution < -0.4 is 15.5 Å². The Morgan fingerprint density at radius 3 is 1.49 bits per heavy atom. The highest BCUT2D eigenvalue weighted by Gasteiger charge is 2.45. The molecule has 1 aliphatic heterocycles. The zero-order valence-corrected chi connectivity index (χ0v) is 48.9. The second kappa shape index (κ2) is 42.7. The lowest BCUT2D eigenvalue weighted by Gasteiger charge is -2.41. The Morgan fingerprint density at radius 1 is 0.545 bits per heavy atom. The zero-order chi connectivity index (χ0) is 55.9. The molecule has 1 fully saturated rings. The number of aliphatic hydroxyl groups excluding tert-OH is 5. The summed E-state index contributed by atoms with van der Waals surface area (Å²) >= 11 is 0. The molecule has 0 aromatic heterocycles. The van der Waals surface area contributed by atoms with Crippen LogP contribution in [0.25, 0.3) is 10.8 Å². The molecule has 2 aromatic rings. The molecule has 1 aliphatic rings. The summed E-state index contributed by atoms with van der Waals surface area (Å²) in [5, 5.41) is 62.6. The van der Waals surface area contributed by atoms with Gasteiger partial charge in [-0.05, 0) is 41.8 Å². The standard InChI is InChI=1S/C64H111N3O10/c1-5-7-9-11-13-15-17-18-19-20-21-22-23-24-25-26-27-28-29-31-33-35-37-39-59(71)66-54(60(72)56(69)38-36-34-32-30-16-14-12-10-8-6-2)49-76-64-63(75)62(74)61(73)57(77-64)48-65-58(70)45-44-55(68)52-41-40-51-47-53(67(3)4)43-42-50(51)46-52/h40-43,46-47,54,56-57,60-64,69,72-75H,5-39,44-45,48-49H2,1-4H3,(H,65,70)(H,66,71)/t54-,56+,57+,60-,61-,62-,63+,64-/m0/s1. The van der Waals surface area contributed by atoms with E-state index in [1.807, 2.05) is 49.3 Å². The van der Waals surface area contributed by atoms with E-state index in [9.17, 15) is 39.9 Å². The third kappa shape index (κ3) is 29.7. The highest BCUT2D eigenvalue weighted by molar-refractivity contribution is 6.01. The average molecular weight is 1080 g/mol. The number of benzene rings is 2. The number of ether oxygens (including phenoxy) is 2. The maximum atomic E-state index is 13.3. The number of ketones is 1. The molecule has 3 rings (SSSR count). The molecule has 1 heterocycles.